The minimum absolute atomic E-state index is 0.0274. The maximum absolute atomic E-state index is 12.5. The molecule has 7 nitrogen and oxygen atoms in total. The van der Waals surface area contributed by atoms with Crippen molar-refractivity contribution in [2.24, 2.45) is 13.0 Å². The Morgan fingerprint density at radius 1 is 1.44 bits per heavy atom. The largest absolute Gasteiger partial charge is 0.492 e. The lowest BCUT2D eigenvalue weighted by atomic mass is 9.79. The van der Waals surface area contributed by atoms with Gasteiger partial charge in [0.1, 0.15) is 11.4 Å². The number of ether oxygens (including phenoxy) is 2. The van der Waals surface area contributed by atoms with Crippen LogP contribution in [0.3, 0.4) is 0 Å². The summed E-state index contributed by atoms with van der Waals surface area (Å²) < 4.78 is 13.4. The van der Waals surface area contributed by atoms with Crippen molar-refractivity contribution in [2.45, 2.75) is 18.4 Å². The molecule has 2 aromatic rings. The molecule has 0 radical (unpaired) electrons. The molecule has 0 unspecified atom stereocenters. The van der Waals surface area contributed by atoms with Gasteiger partial charge in [-0.3, -0.25) is 14.5 Å². The minimum atomic E-state index is -0.198. The van der Waals surface area contributed by atoms with Gasteiger partial charge in [-0.2, -0.15) is 5.10 Å². The van der Waals surface area contributed by atoms with Crippen LogP contribution >= 0.6 is 0 Å². The summed E-state index contributed by atoms with van der Waals surface area (Å²) in [7, 11) is 1.81. The third kappa shape index (κ3) is 3.11. The fourth-order valence-corrected chi connectivity index (χ4v) is 3.75. The summed E-state index contributed by atoms with van der Waals surface area (Å²) in [6, 6.07) is 3.77. The lowest BCUT2D eigenvalue weighted by molar-refractivity contribution is -0.119. The molecular weight excluding hydrogens is 320 g/mol. The fraction of sp³-hybridized carbons (Fsp3) is 0.500. The van der Waals surface area contributed by atoms with Gasteiger partial charge in [0.05, 0.1) is 37.7 Å². The summed E-state index contributed by atoms with van der Waals surface area (Å²) in [5, 5.41) is 4.07. The quantitative estimate of drug-likeness (QED) is 0.824. The van der Waals surface area contributed by atoms with Crippen LogP contribution in [0.5, 0.6) is 5.75 Å². The summed E-state index contributed by atoms with van der Waals surface area (Å²) in [5.41, 5.74) is 0.433. The molecule has 2 aromatic heterocycles. The van der Waals surface area contributed by atoms with Gasteiger partial charge in [0.25, 0.3) is 5.91 Å². The van der Waals surface area contributed by atoms with Crippen LogP contribution in [0.2, 0.25) is 0 Å². The number of aromatic nitrogens is 3. The number of carbonyl (C=O) groups excluding carboxylic acids is 1. The van der Waals surface area contributed by atoms with Crippen LogP contribution in [0.25, 0.3) is 0 Å². The van der Waals surface area contributed by atoms with Gasteiger partial charge < -0.3 is 14.4 Å². The third-order valence-electron chi connectivity index (χ3n) is 5.13. The molecule has 2 saturated heterocycles. The molecule has 2 aliphatic rings. The highest BCUT2D eigenvalue weighted by molar-refractivity contribution is 5.94. The number of hydrogen-bond donors (Lipinski definition) is 0. The van der Waals surface area contributed by atoms with Gasteiger partial charge in [-0.05, 0) is 30.9 Å². The Morgan fingerprint density at radius 3 is 3.04 bits per heavy atom. The first kappa shape index (κ1) is 16.1. The van der Waals surface area contributed by atoms with Gasteiger partial charge in [0.15, 0.2) is 0 Å². The van der Waals surface area contributed by atoms with E-state index in [1.165, 1.54) is 0 Å². The van der Waals surface area contributed by atoms with Gasteiger partial charge in [0, 0.05) is 26.0 Å². The van der Waals surface area contributed by atoms with E-state index in [1.807, 2.05) is 24.1 Å². The Hall–Kier alpha value is -2.41. The van der Waals surface area contributed by atoms with E-state index >= 15 is 0 Å². The van der Waals surface area contributed by atoms with Crippen molar-refractivity contribution < 1.29 is 14.3 Å². The van der Waals surface area contributed by atoms with Crippen LogP contribution in [0.15, 0.2) is 36.9 Å². The summed E-state index contributed by atoms with van der Waals surface area (Å²) in [5.74, 6) is 1.24. The molecule has 2 fully saturated rings. The van der Waals surface area contributed by atoms with Gasteiger partial charge in [0.2, 0.25) is 0 Å². The van der Waals surface area contributed by atoms with E-state index in [2.05, 4.69) is 10.1 Å². The van der Waals surface area contributed by atoms with Crippen molar-refractivity contribution in [1.29, 1.82) is 0 Å². The van der Waals surface area contributed by atoms with Crippen LogP contribution in [-0.4, -0.2) is 57.5 Å². The number of pyridine rings is 1. The summed E-state index contributed by atoms with van der Waals surface area (Å²) >= 11 is 0. The van der Waals surface area contributed by atoms with Crippen LogP contribution in [-0.2, 0) is 11.8 Å². The third-order valence-corrected chi connectivity index (χ3v) is 5.13. The van der Waals surface area contributed by atoms with Gasteiger partial charge in [-0.25, -0.2) is 0 Å². The standard InChI is InChI=1S/C18H22N4O3/c1-21-11-14(9-20-21)17(23)22-12-18(13-22)15(5-8-25-18)4-7-24-16-3-2-6-19-10-16/h2-3,6,9-11,15H,4-5,7-8,12-13H2,1H3/t15-/m0/s1. The highest BCUT2D eigenvalue weighted by Crippen LogP contribution is 2.42. The SMILES string of the molecule is Cn1cc(C(=O)N2CC3(C2)OCC[C@@H]3CCOc2cccnc2)cn1. The van der Waals surface area contributed by atoms with Crippen LogP contribution in [0.4, 0.5) is 0 Å². The average Bonchev–Trinajstić information content (AvgIpc) is 3.20. The van der Waals surface area contributed by atoms with Crippen LogP contribution < -0.4 is 4.74 Å². The van der Waals surface area contributed by atoms with Gasteiger partial charge >= 0.3 is 0 Å². The molecule has 0 bridgehead atoms. The van der Waals surface area contributed by atoms with Crippen molar-refractivity contribution in [3.63, 3.8) is 0 Å². The Labute approximate surface area is 146 Å². The zero-order valence-corrected chi connectivity index (χ0v) is 14.3. The predicted octanol–water partition coefficient (Wildman–Crippen LogP) is 1.52. The van der Waals surface area contributed by atoms with E-state index < -0.39 is 0 Å². The predicted molar refractivity (Wildman–Crippen MR) is 90.3 cm³/mol. The lowest BCUT2D eigenvalue weighted by Gasteiger charge is -2.50. The number of carbonyl (C=O) groups is 1. The zero-order chi connectivity index (χ0) is 17.3. The van der Waals surface area contributed by atoms with Crippen LogP contribution in [0.1, 0.15) is 23.2 Å². The highest BCUT2D eigenvalue weighted by atomic mass is 16.5. The zero-order valence-electron chi connectivity index (χ0n) is 14.3. The molecule has 1 spiro atoms. The molecular formula is C18H22N4O3. The van der Waals surface area contributed by atoms with E-state index in [4.69, 9.17) is 9.47 Å². The molecule has 0 aromatic carbocycles. The molecule has 0 aliphatic carbocycles. The second-order valence-corrected chi connectivity index (χ2v) is 6.79. The van der Waals surface area contributed by atoms with E-state index in [-0.39, 0.29) is 11.5 Å². The van der Waals surface area contributed by atoms with E-state index in [1.54, 1.807) is 29.5 Å². The second-order valence-electron chi connectivity index (χ2n) is 6.79. The summed E-state index contributed by atoms with van der Waals surface area (Å²) in [6.45, 7) is 2.70. The molecule has 4 heterocycles. The number of rotatable bonds is 5. The molecule has 25 heavy (non-hydrogen) atoms. The normalized spacial score (nSPS) is 21.3. The minimum Gasteiger partial charge on any atom is -0.492 e. The molecule has 1 atom stereocenters. The Kier molecular flexibility index (Phi) is 4.17. The smallest absolute Gasteiger partial charge is 0.257 e. The summed E-state index contributed by atoms with van der Waals surface area (Å²) in [6.07, 6.45) is 8.76. The van der Waals surface area contributed by atoms with Crippen LogP contribution in [0, 0.1) is 5.92 Å². The summed E-state index contributed by atoms with van der Waals surface area (Å²) in [4.78, 5) is 18.4. The van der Waals surface area contributed by atoms with E-state index in [0.717, 1.165) is 25.2 Å². The maximum atomic E-state index is 12.5. The maximum Gasteiger partial charge on any atom is 0.257 e. The Balaban J connectivity index is 1.31. The molecule has 1 amide bonds. The van der Waals surface area contributed by atoms with Crippen molar-refractivity contribution in [3.8, 4) is 5.75 Å². The van der Waals surface area contributed by atoms with Gasteiger partial charge in [-0.15, -0.1) is 0 Å². The number of hydrogen-bond acceptors (Lipinski definition) is 5. The molecule has 7 heteroatoms. The molecule has 132 valence electrons. The molecule has 0 N–H and O–H groups in total. The lowest BCUT2D eigenvalue weighted by Crippen LogP contribution is -2.66. The fourth-order valence-electron chi connectivity index (χ4n) is 3.75. The molecule has 4 rings (SSSR count). The first-order valence-corrected chi connectivity index (χ1v) is 8.61. The van der Waals surface area contributed by atoms with Crippen molar-refractivity contribution >= 4 is 5.91 Å². The first-order chi connectivity index (χ1) is 12.2. The van der Waals surface area contributed by atoms with Crippen molar-refractivity contribution in [2.75, 3.05) is 26.3 Å². The van der Waals surface area contributed by atoms with E-state index in [9.17, 15) is 4.79 Å². The second kappa shape index (κ2) is 6.48. The topological polar surface area (TPSA) is 69.5 Å². The first-order valence-electron chi connectivity index (χ1n) is 8.61. The van der Waals surface area contributed by atoms with Crippen molar-refractivity contribution in [1.82, 2.24) is 19.7 Å². The Morgan fingerprint density at radius 2 is 2.32 bits per heavy atom. The number of aryl methyl sites for hydroxylation is 1. The van der Waals surface area contributed by atoms with E-state index in [0.29, 0.717) is 31.2 Å². The molecule has 2 aliphatic heterocycles. The van der Waals surface area contributed by atoms with Crippen molar-refractivity contribution in [3.05, 3.63) is 42.5 Å². The monoisotopic (exact) mass is 342 g/mol. The molecule has 0 saturated carbocycles. The number of likely N-dealkylation sites (tertiary alicyclic amines) is 1. The highest BCUT2D eigenvalue weighted by Gasteiger charge is 2.54. The Bertz CT molecular complexity index is 740. The number of amides is 1. The number of nitrogens with zero attached hydrogens (tertiary/aromatic N) is 4. The van der Waals surface area contributed by atoms with Gasteiger partial charge in [-0.1, -0.05) is 0 Å². The average molecular weight is 342 g/mol.